The highest BCUT2D eigenvalue weighted by molar-refractivity contribution is 7.13. The van der Waals surface area contributed by atoms with Gasteiger partial charge in [-0.2, -0.15) is 0 Å². The molecule has 0 radical (unpaired) electrons. The Hall–Kier alpha value is -2.57. The van der Waals surface area contributed by atoms with Gasteiger partial charge in [-0.25, -0.2) is 0 Å². The number of aryl methyl sites for hydroxylation is 2. The Balaban J connectivity index is 1.40. The molecule has 0 bridgehead atoms. The van der Waals surface area contributed by atoms with Gasteiger partial charge in [0.05, 0.1) is 6.54 Å². The van der Waals surface area contributed by atoms with Crippen LogP contribution in [0.25, 0.3) is 0 Å². The van der Waals surface area contributed by atoms with Gasteiger partial charge in [0.1, 0.15) is 5.01 Å². The zero-order valence-electron chi connectivity index (χ0n) is 16.9. The lowest BCUT2D eigenvalue weighted by molar-refractivity contribution is 0.102. The van der Waals surface area contributed by atoms with Crippen molar-refractivity contribution in [1.82, 2.24) is 15.1 Å². The van der Waals surface area contributed by atoms with E-state index in [1.54, 1.807) is 0 Å². The molecule has 4 rings (SSSR count). The summed E-state index contributed by atoms with van der Waals surface area (Å²) in [5.74, 6) is -0.205. The minimum Gasteiger partial charge on any atom is -0.320 e. The smallest absolute Gasteiger partial charge is 0.286 e. The molecule has 0 saturated carbocycles. The molecule has 5 nitrogen and oxygen atoms in total. The fourth-order valence-corrected chi connectivity index (χ4v) is 4.73. The second-order valence-electron chi connectivity index (χ2n) is 7.53. The van der Waals surface area contributed by atoms with E-state index in [1.165, 1.54) is 34.4 Å². The van der Waals surface area contributed by atoms with Crippen LogP contribution in [0.3, 0.4) is 0 Å². The number of anilines is 1. The molecule has 3 aromatic rings. The molecular weight excluding hydrogens is 380 g/mol. The van der Waals surface area contributed by atoms with Crippen LogP contribution in [0.15, 0.2) is 48.5 Å². The number of carbonyl (C=O) groups excluding carboxylic acids is 1. The molecular formula is C23H26N4OS. The highest BCUT2D eigenvalue weighted by atomic mass is 32.1. The number of rotatable bonds is 6. The van der Waals surface area contributed by atoms with Gasteiger partial charge in [0.25, 0.3) is 5.91 Å². The molecule has 1 aliphatic rings. The Labute approximate surface area is 175 Å². The molecule has 1 aliphatic carbocycles. The molecule has 0 aliphatic heterocycles. The maximum Gasteiger partial charge on any atom is 0.286 e. The highest BCUT2D eigenvalue weighted by Crippen LogP contribution is 2.34. The zero-order chi connectivity index (χ0) is 20.2. The number of nitrogens with zero attached hydrogens (tertiary/aromatic N) is 3. The van der Waals surface area contributed by atoms with Crippen molar-refractivity contribution in [1.29, 1.82) is 0 Å². The molecule has 150 valence electrons. The number of benzene rings is 2. The van der Waals surface area contributed by atoms with Crippen LogP contribution in [0.4, 0.5) is 5.69 Å². The minimum atomic E-state index is -0.205. The summed E-state index contributed by atoms with van der Waals surface area (Å²) >= 11 is 1.37. The summed E-state index contributed by atoms with van der Waals surface area (Å²) in [5, 5.41) is 12.6. The Morgan fingerprint density at radius 2 is 1.97 bits per heavy atom. The standard InChI is InChI=1S/C23H26N4OS/c1-3-16-11-13-18(14-12-16)24-22(28)23-26-25-21(29-23)15-27(2)20-10-6-8-17-7-4-5-9-19(17)20/h4-5,7,9,11-14,20H,3,6,8,10,15H2,1-2H3,(H,24,28). The Bertz CT molecular complexity index is 983. The molecule has 1 atom stereocenters. The predicted molar refractivity (Wildman–Crippen MR) is 117 cm³/mol. The van der Waals surface area contributed by atoms with Crippen LogP contribution in [0.5, 0.6) is 0 Å². The van der Waals surface area contributed by atoms with Crippen molar-refractivity contribution in [3.8, 4) is 0 Å². The van der Waals surface area contributed by atoms with Crippen LogP contribution < -0.4 is 5.32 Å². The van der Waals surface area contributed by atoms with Gasteiger partial charge in [0, 0.05) is 11.7 Å². The van der Waals surface area contributed by atoms with Gasteiger partial charge in [0.15, 0.2) is 0 Å². The monoisotopic (exact) mass is 406 g/mol. The normalized spacial score (nSPS) is 15.9. The third-order valence-electron chi connectivity index (χ3n) is 5.54. The topological polar surface area (TPSA) is 58.1 Å². The van der Waals surface area contributed by atoms with E-state index in [9.17, 15) is 4.79 Å². The molecule has 1 N–H and O–H groups in total. The third kappa shape index (κ3) is 4.54. The zero-order valence-corrected chi connectivity index (χ0v) is 17.7. The minimum absolute atomic E-state index is 0.205. The lowest BCUT2D eigenvalue weighted by Crippen LogP contribution is -2.27. The van der Waals surface area contributed by atoms with Crippen LogP contribution in [-0.2, 0) is 19.4 Å². The van der Waals surface area contributed by atoms with Crippen molar-refractivity contribution in [2.24, 2.45) is 0 Å². The van der Waals surface area contributed by atoms with Crippen molar-refractivity contribution in [2.45, 2.75) is 45.2 Å². The average Bonchev–Trinajstić information content (AvgIpc) is 3.22. The van der Waals surface area contributed by atoms with E-state index >= 15 is 0 Å². The van der Waals surface area contributed by atoms with Gasteiger partial charge in [-0.05, 0) is 61.6 Å². The Morgan fingerprint density at radius 1 is 1.17 bits per heavy atom. The molecule has 1 amide bonds. The molecule has 1 aromatic heterocycles. The predicted octanol–water partition coefficient (Wildman–Crippen LogP) is 4.86. The van der Waals surface area contributed by atoms with E-state index < -0.39 is 0 Å². The first-order valence-electron chi connectivity index (χ1n) is 10.1. The van der Waals surface area contributed by atoms with Crippen LogP contribution in [-0.4, -0.2) is 28.1 Å². The van der Waals surface area contributed by atoms with Crippen LogP contribution in [0.2, 0.25) is 0 Å². The Kier molecular flexibility index (Phi) is 6.02. The molecule has 0 fully saturated rings. The van der Waals surface area contributed by atoms with E-state index in [4.69, 9.17) is 0 Å². The van der Waals surface area contributed by atoms with E-state index in [1.807, 2.05) is 24.3 Å². The number of hydrogen-bond acceptors (Lipinski definition) is 5. The van der Waals surface area contributed by atoms with E-state index in [2.05, 4.69) is 58.7 Å². The first-order valence-corrected chi connectivity index (χ1v) is 11.0. The molecule has 1 heterocycles. The van der Waals surface area contributed by atoms with Gasteiger partial charge >= 0.3 is 0 Å². The van der Waals surface area contributed by atoms with Crippen LogP contribution >= 0.6 is 11.3 Å². The molecule has 29 heavy (non-hydrogen) atoms. The van der Waals surface area contributed by atoms with E-state index in [0.29, 0.717) is 17.6 Å². The molecule has 6 heteroatoms. The summed E-state index contributed by atoms with van der Waals surface area (Å²) in [7, 11) is 2.13. The molecule has 2 aromatic carbocycles. The van der Waals surface area contributed by atoms with Crippen molar-refractivity contribution >= 4 is 22.9 Å². The lowest BCUT2D eigenvalue weighted by Gasteiger charge is -2.32. The summed E-state index contributed by atoms with van der Waals surface area (Å²) < 4.78 is 0. The first kappa shape index (κ1) is 19.7. The van der Waals surface area contributed by atoms with Crippen LogP contribution in [0, 0.1) is 0 Å². The number of amides is 1. The summed E-state index contributed by atoms with van der Waals surface area (Å²) in [5.41, 5.74) is 4.88. The van der Waals surface area contributed by atoms with E-state index in [0.717, 1.165) is 30.0 Å². The number of carbonyl (C=O) groups is 1. The summed E-state index contributed by atoms with van der Waals surface area (Å²) in [6, 6.07) is 17.0. The van der Waals surface area contributed by atoms with Crippen molar-refractivity contribution in [3.05, 3.63) is 75.2 Å². The van der Waals surface area contributed by atoms with Gasteiger partial charge in [0.2, 0.25) is 5.01 Å². The SMILES string of the molecule is CCc1ccc(NC(=O)c2nnc(CN(C)C3CCCc4ccccc43)s2)cc1. The number of hydrogen-bond donors (Lipinski definition) is 1. The lowest BCUT2D eigenvalue weighted by atomic mass is 9.87. The number of fused-ring (bicyclic) bond motifs is 1. The van der Waals surface area contributed by atoms with Gasteiger partial charge in [-0.3, -0.25) is 9.69 Å². The first-order chi connectivity index (χ1) is 14.1. The van der Waals surface area contributed by atoms with Gasteiger partial charge < -0.3 is 5.32 Å². The highest BCUT2D eigenvalue weighted by Gasteiger charge is 2.24. The third-order valence-corrected chi connectivity index (χ3v) is 6.44. The van der Waals surface area contributed by atoms with Crippen LogP contribution in [0.1, 0.15) is 57.3 Å². The summed E-state index contributed by atoms with van der Waals surface area (Å²) in [4.78, 5) is 14.8. The molecule has 1 unspecified atom stereocenters. The summed E-state index contributed by atoms with van der Waals surface area (Å²) in [6.07, 6.45) is 4.48. The number of aromatic nitrogens is 2. The van der Waals surface area contributed by atoms with E-state index in [-0.39, 0.29) is 5.91 Å². The Morgan fingerprint density at radius 3 is 2.76 bits per heavy atom. The van der Waals surface area contributed by atoms with Crippen molar-refractivity contribution in [3.63, 3.8) is 0 Å². The fraction of sp³-hybridized carbons (Fsp3) is 0.348. The van der Waals surface area contributed by atoms with Gasteiger partial charge in [-0.15, -0.1) is 10.2 Å². The second kappa shape index (κ2) is 8.84. The van der Waals surface area contributed by atoms with Crippen molar-refractivity contribution < 1.29 is 4.79 Å². The largest absolute Gasteiger partial charge is 0.320 e. The molecule has 0 saturated heterocycles. The van der Waals surface area contributed by atoms with Gasteiger partial charge in [-0.1, -0.05) is 54.7 Å². The average molecular weight is 407 g/mol. The maximum atomic E-state index is 12.5. The molecule has 0 spiro atoms. The summed E-state index contributed by atoms with van der Waals surface area (Å²) in [6.45, 7) is 2.80. The number of nitrogens with one attached hydrogen (secondary N) is 1. The second-order valence-corrected chi connectivity index (χ2v) is 8.59. The fourth-order valence-electron chi connectivity index (χ4n) is 3.93. The quantitative estimate of drug-likeness (QED) is 0.635. The van der Waals surface area contributed by atoms with Crippen molar-refractivity contribution in [2.75, 3.05) is 12.4 Å². The maximum absolute atomic E-state index is 12.5.